The van der Waals surface area contributed by atoms with Gasteiger partial charge in [-0.15, -0.1) is 0 Å². The predicted octanol–water partition coefficient (Wildman–Crippen LogP) is 4.83. The molecule has 32 heavy (non-hydrogen) atoms. The summed E-state index contributed by atoms with van der Waals surface area (Å²) in [5.41, 5.74) is 5.66. The molecule has 1 aromatic heterocycles. The Morgan fingerprint density at radius 1 is 1.19 bits per heavy atom. The van der Waals surface area contributed by atoms with Gasteiger partial charge < -0.3 is 5.11 Å². The highest BCUT2D eigenvalue weighted by atomic mass is 32.2. The summed E-state index contributed by atoms with van der Waals surface area (Å²) in [6.45, 7) is 4.13. The molecule has 6 nitrogen and oxygen atoms in total. The highest BCUT2D eigenvalue weighted by Crippen LogP contribution is 2.35. The van der Waals surface area contributed by atoms with E-state index in [0.717, 1.165) is 33.6 Å². The highest BCUT2D eigenvalue weighted by Gasteiger charge is 2.32. The molecule has 1 amide bonds. The highest BCUT2D eigenvalue weighted by molar-refractivity contribution is 8.26. The van der Waals surface area contributed by atoms with Gasteiger partial charge in [0.15, 0.2) is 0 Å². The number of para-hydroxylation sites is 1. The predicted molar refractivity (Wildman–Crippen MR) is 131 cm³/mol. The van der Waals surface area contributed by atoms with E-state index < -0.39 is 5.97 Å². The number of carboxylic acids is 1. The van der Waals surface area contributed by atoms with Crippen LogP contribution in [0.1, 0.15) is 23.1 Å². The minimum Gasteiger partial charge on any atom is -0.481 e. The summed E-state index contributed by atoms with van der Waals surface area (Å²) in [7, 11) is 0. The molecule has 1 fully saturated rings. The number of thioether (sulfide) groups is 1. The standard InChI is InChI=1S/C24H21N3O3S2/c1-15-8-9-16(2)19(12-15)22-17(14-27(25-22)18-6-4-3-5-7-18)13-20-23(30)26(24(31)32-20)11-10-21(28)29/h3-9,12-14H,10-11H2,1-2H3,(H,28,29)/b20-13-. The molecule has 0 spiro atoms. The Bertz CT molecular complexity index is 1250. The van der Waals surface area contributed by atoms with Gasteiger partial charge in [-0.2, -0.15) is 5.10 Å². The first-order chi connectivity index (χ1) is 15.3. The van der Waals surface area contributed by atoms with E-state index in [1.165, 1.54) is 16.7 Å². The minimum absolute atomic E-state index is 0.0600. The van der Waals surface area contributed by atoms with Crippen molar-refractivity contribution >= 4 is 46.3 Å². The van der Waals surface area contributed by atoms with E-state index in [4.69, 9.17) is 22.4 Å². The van der Waals surface area contributed by atoms with Crippen LogP contribution in [0.3, 0.4) is 0 Å². The number of amides is 1. The van der Waals surface area contributed by atoms with Crippen LogP contribution in [0.15, 0.2) is 59.6 Å². The lowest BCUT2D eigenvalue weighted by Gasteiger charge is -2.12. The van der Waals surface area contributed by atoms with Crippen LogP contribution in [0.25, 0.3) is 23.0 Å². The number of rotatable bonds is 6. The van der Waals surface area contributed by atoms with Gasteiger partial charge in [0, 0.05) is 23.9 Å². The van der Waals surface area contributed by atoms with E-state index in [1.54, 1.807) is 10.8 Å². The number of aromatic nitrogens is 2. The van der Waals surface area contributed by atoms with Crippen LogP contribution in [0.2, 0.25) is 0 Å². The Morgan fingerprint density at radius 2 is 1.94 bits per heavy atom. The SMILES string of the molecule is Cc1ccc(C)c(-c2nn(-c3ccccc3)cc2/C=C2\SC(=S)N(CCC(=O)O)C2=O)c1. The van der Waals surface area contributed by atoms with E-state index in [0.29, 0.717) is 9.23 Å². The molecule has 0 radical (unpaired) electrons. The van der Waals surface area contributed by atoms with Gasteiger partial charge in [-0.25, -0.2) is 4.68 Å². The van der Waals surface area contributed by atoms with Crippen molar-refractivity contribution in [2.45, 2.75) is 20.3 Å². The summed E-state index contributed by atoms with van der Waals surface area (Å²) in [5.74, 6) is -1.25. The second-order valence-electron chi connectivity index (χ2n) is 7.51. The minimum atomic E-state index is -0.968. The number of hydrogen-bond donors (Lipinski definition) is 1. The zero-order valence-electron chi connectivity index (χ0n) is 17.6. The molecule has 1 aliphatic heterocycles. The lowest BCUT2D eigenvalue weighted by molar-refractivity contribution is -0.137. The van der Waals surface area contributed by atoms with Crippen LogP contribution in [-0.4, -0.2) is 42.5 Å². The molecular weight excluding hydrogens is 442 g/mol. The van der Waals surface area contributed by atoms with Crippen LogP contribution in [0, 0.1) is 13.8 Å². The van der Waals surface area contributed by atoms with Gasteiger partial charge in [-0.1, -0.05) is 59.9 Å². The lowest BCUT2D eigenvalue weighted by atomic mass is 10.0. The number of carbonyl (C=O) groups is 2. The lowest BCUT2D eigenvalue weighted by Crippen LogP contribution is -2.30. The molecule has 0 unspecified atom stereocenters. The molecule has 0 aliphatic carbocycles. The maximum atomic E-state index is 12.9. The van der Waals surface area contributed by atoms with Crippen LogP contribution in [-0.2, 0) is 9.59 Å². The van der Waals surface area contributed by atoms with Gasteiger partial charge in [-0.3, -0.25) is 14.5 Å². The maximum Gasteiger partial charge on any atom is 0.305 e. The number of hydrogen-bond acceptors (Lipinski definition) is 5. The molecule has 0 atom stereocenters. The van der Waals surface area contributed by atoms with E-state index in [9.17, 15) is 9.59 Å². The Hall–Kier alpha value is -3.23. The Kier molecular flexibility index (Phi) is 6.25. The number of thiocarbonyl (C=S) groups is 1. The fraction of sp³-hybridized carbons (Fsp3) is 0.167. The Balaban J connectivity index is 1.79. The topological polar surface area (TPSA) is 75.4 Å². The van der Waals surface area contributed by atoms with Crippen LogP contribution in [0.4, 0.5) is 0 Å². The number of carboxylic acid groups (broad SMARTS) is 1. The first kappa shape index (κ1) is 22.0. The smallest absolute Gasteiger partial charge is 0.305 e. The molecule has 0 saturated carbocycles. The fourth-order valence-electron chi connectivity index (χ4n) is 3.45. The Morgan fingerprint density at radius 3 is 2.66 bits per heavy atom. The van der Waals surface area contributed by atoms with Crippen LogP contribution in [0.5, 0.6) is 0 Å². The van der Waals surface area contributed by atoms with Crippen molar-refractivity contribution in [1.82, 2.24) is 14.7 Å². The molecule has 1 aliphatic rings. The first-order valence-corrected chi connectivity index (χ1v) is 11.3. The first-order valence-electron chi connectivity index (χ1n) is 10.0. The third kappa shape index (κ3) is 4.51. The molecular formula is C24H21N3O3S2. The van der Waals surface area contributed by atoms with Crippen LogP contribution >= 0.6 is 24.0 Å². The zero-order chi connectivity index (χ0) is 22.8. The van der Waals surface area contributed by atoms with Crippen LogP contribution < -0.4 is 0 Å². The van der Waals surface area contributed by atoms with Crippen molar-refractivity contribution in [1.29, 1.82) is 0 Å². The normalized spacial score (nSPS) is 15.1. The van der Waals surface area contributed by atoms with Gasteiger partial charge in [-0.05, 0) is 43.7 Å². The summed E-state index contributed by atoms with van der Waals surface area (Å²) in [6.07, 6.45) is 3.54. The molecule has 3 aromatic rings. The van der Waals surface area contributed by atoms with Gasteiger partial charge in [0.2, 0.25) is 0 Å². The average molecular weight is 464 g/mol. The van der Waals surface area contributed by atoms with Crippen molar-refractivity contribution in [2.24, 2.45) is 0 Å². The summed E-state index contributed by atoms with van der Waals surface area (Å²) in [6, 6.07) is 16.0. The van der Waals surface area contributed by atoms with Gasteiger partial charge in [0.1, 0.15) is 10.0 Å². The van der Waals surface area contributed by atoms with Crippen molar-refractivity contribution < 1.29 is 14.7 Å². The Labute approximate surface area is 195 Å². The number of benzene rings is 2. The summed E-state index contributed by atoms with van der Waals surface area (Å²) < 4.78 is 2.17. The number of nitrogens with zero attached hydrogens (tertiary/aromatic N) is 3. The van der Waals surface area contributed by atoms with Crippen molar-refractivity contribution in [2.75, 3.05) is 6.54 Å². The largest absolute Gasteiger partial charge is 0.481 e. The summed E-state index contributed by atoms with van der Waals surface area (Å²) >= 11 is 6.51. The quantitative estimate of drug-likeness (QED) is 0.417. The van der Waals surface area contributed by atoms with E-state index in [-0.39, 0.29) is 18.9 Å². The van der Waals surface area contributed by atoms with E-state index in [1.807, 2.05) is 50.4 Å². The maximum absolute atomic E-state index is 12.9. The summed E-state index contributed by atoms with van der Waals surface area (Å²) in [4.78, 5) is 25.6. The van der Waals surface area contributed by atoms with Gasteiger partial charge >= 0.3 is 5.97 Å². The molecule has 1 N–H and O–H groups in total. The van der Waals surface area contributed by atoms with Crippen molar-refractivity contribution in [3.8, 4) is 16.9 Å². The number of aryl methyl sites for hydroxylation is 2. The molecule has 2 heterocycles. The fourth-order valence-corrected chi connectivity index (χ4v) is 4.75. The number of aliphatic carboxylic acids is 1. The van der Waals surface area contributed by atoms with E-state index in [2.05, 4.69) is 18.2 Å². The average Bonchev–Trinajstić information content (AvgIpc) is 3.30. The second-order valence-corrected chi connectivity index (χ2v) is 9.18. The van der Waals surface area contributed by atoms with Gasteiger partial charge in [0.05, 0.1) is 17.0 Å². The molecule has 8 heteroatoms. The second kappa shape index (κ2) is 9.10. The number of carbonyl (C=O) groups excluding carboxylic acids is 1. The van der Waals surface area contributed by atoms with Gasteiger partial charge in [0.25, 0.3) is 5.91 Å². The molecule has 4 rings (SSSR count). The summed E-state index contributed by atoms with van der Waals surface area (Å²) in [5, 5.41) is 13.8. The third-order valence-corrected chi connectivity index (χ3v) is 6.50. The molecule has 162 valence electrons. The monoisotopic (exact) mass is 463 g/mol. The zero-order valence-corrected chi connectivity index (χ0v) is 19.2. The molecule has 1 saturated heterocycles. The van der Waals surface area contributed by atoms with Crippen molar-refractivity contribution in [3.63, 3.8) is 0 Å². The molecule has 0 bridgehead atoms. The van der Waals surface area contributed by atoms with Crippen molar-refractivity contribution in [3.05, 3.63) is 76.3 Å². The molecule has 2 aromatic carbocycles. The van der Waals surface area contributed by atoms with E-state index >= 15 is 0 Å². The third-order valence-electron chi connectivity index (χ3n) is 5.12.